The lowest BCUT2D eigenvalue weighted by Gasteiger charge is -2.15. The molecule has 10 heteroatoms. The van der Waals surface area contributed by atoms with Crippen LogP contribution in [0.1, 0.15) is 24.0 Å². The molecule has 29 heavy (non-hydrogen) atoms. The second-order valence-corrected chi connectivity index (χ2v) is 6.60. The molecule has 1 aromatic heterocycles. The number of aromatic nitrogens is 2. The number of benzene rings is 2. The fraction of sp³-hybridized carbons (Fsp3) is 0.211. The highest BCUT2D eigenvalue weighted by Gasteiger charge is 2.29. The maximum atomic E-state index is 6.19. The fourth-order valence-electron chi connectivity index (χ4n) is 3.29. The minimum Gasteiger partial charge on any atom is -0.492 e. The molecule has 1 atom stereocenters. The van der Waals surface area contributed by atoms with Gasteiger partial charge in [-0.2, -0.15) is 10.1 Å². The number of anilines is 2. The molecule has 2 aromatic carbocycles. The average Bonchev–Trinajstić information content (AvgIpc) is 3.07. The molecule has 1 aliphatic heterocycles. The van der Waals surface area contributed by atoms with Gasteiger partial charge in [-0.15, -0.1) is 5.10 Å². The molecule has 0 aliphatic carbocycles. The van der Waals surface area contributed by atoms with Crippen molar-refractivity contribution in [1.82, 2.24) is 9.97 Å². The monoisotopic (exact) mass is 392 g/mol. The quantitative estimate of drug-likeness (QED) is 0.266. The molecular weight excluding hydrogens is 372 g/mol. The summed E-state index contributed by atoms with van der Waals surface area (Å²) in [5, 5.41) is 11.6. The summed E-state index contributed by atoms with van der Waals surface area (Å²) in [4.78, 5) is 8.34. The first-order chi connectivity index (χ1) is 14.0. The van der Waals surface area contributed by atoms with Crippen molar-refractivity contribution in [3.05, 3.63) is 41.5 Å². The van der Waals surface area contributed by atoms with Crippen molar-refractivity contribution in [1.29, 1.82) is 0 Å². The van der Waals surface area contributed by atoms with Crippen LogP contribution in [0, 0.1) is 0 Å². The van der Waals surface area contributed by atoms with Crippen molar-refractivity contribution in [3.8, 4) is 17.2 Å². The Balaban J connectivity index is 1.81. The Labute approximate surface area is 166 Å². The smallest absolute Gasteiger partial charge is 0.222 e. The van der Waals surface area contributed by atoms with E-state index >= 15 is 0 Å². The second-order valence-electron chi connectivity index (χ2n) is 6.60. The molecule has 0 fully saturated rings. The van der Waals surface area contributed by atoms with E-state index in [1.165, 1.54) is 7.05 Å². The zero-order valence-corrected chi connectivity index (χ0v) is 16.0. The van der Waals surface area contributed by atoms with Crippen LogP contribution in [0.4, 0.5) is 11.8 Å². The van der Waals surface area contributed by atoms with E-state index in [1.807, 2.05) is 18.2 Å². The fourth-order valence-corrected chi connectivity index (χ4v) is 3.29. The number of nitrogens with two attached hydrogens (primary N) is 3. The SMILES string of the molecule is CN=N/N=C(\N)c1cccc(Oc2cc3nc(N)nc(N)c3c3c2C(C)CO3)c1. The summed E-state index contributed by atoms with van der Waals surface area (Å²) >= 11 is 0. The molecule has 6 N–H and O–H groups in total. The van der Waals surface area contributed by atoms with E-state index < -0.39 is 0 Å². The Morgan fingerprint density at radius 2 is 2.07 bits per heavy atom. The van der Waals surface area contributed by atoms with Crippen molar-refractivity contribution in [2.45, 2.75) is 12.8 Å². The summed E-state index contributed by atoms with van der Waals surface area (Å²) < 4.78 is 12.1. The van der Waals surface area contributed by atoms with Crippen molar-refractivity contribution in [3.63, 3.8) is 0 Å². The predicted octanol–water partition coefficient (Wildman–Crippen LogP) is 2.78. The topological polar surface area (TPSA) is 159 Å². The van der Waals surface area contributed by atoms with Crippen LogP contribution >= 0.6 is 0 Å². The van der Waals surface area contributed by atoms with Gasteiger partial charge in [0.2, 0.25) is 5.95 Å². The van der Waals surface area contributed by atoms with Gasteiger partial charge >= 0.3 is 0 Å². The molecule has 10 nitrogen and oxygen atoms in total. The summed E-state index contributed by atoms with van der Waals surface area (Å²) in [5.41, 5.74) is 19.9. The predicted molar refractivity (Wildman–Crippen MR) is 110 cm³/mol. The van der Waals surface area contributed by atoms with Gasteiger partial charge in [-0.3, -0.25) is 0 Å². The van der Waals surface area contributed by atoms with Gasteiger partial charge in [-0.1, -0.05) is 19.1 Å². The Morgan fingerprint density at radius 3 is 2.86 bits per heavy atom. The second kappa shape index (κ2) is 7.23. The van der Waals surface area contributed by atoms with Crippen molar-refractivity contribution in [2.24, 2.45) is 21.2 Å². The molecule has 0 spiro atoms. The molecule has 1 aliphatic rings. The summed E-state index contributed by atoms with van der Waals surface area (Å²) in [7, 11) is 1.52. The molecule has 0 amide bonds. The number of ether oxygens (including phenoxy) is 2. The van der Waals surface area contributed by atoms with Crippen LogP contribution in [0.15, 0.2) is 45.8 Å². The Kier molecular flexibility index (Phi) is 4.59. The molecule has 0 saturated heterocycles. The van der Waals surface area contributed by atoms with Gasteiger partial charge < -0.3 is 26.7 Å². The average molecular weight is 392 g/mol. The first kappa shape index (κ1) is 18.4. The number of nitrogens with zero attached hydrogens (tertiary/aromatic N) is 5. The number of amidine groups is 1. The van der Waals surface area contributed by atoms with E-state index in [0.29, 0.717) is 40.3 Å². The largest absolute Gasteiger partial charge is 0.492 e. The molecule has 0 saturated carbocycles. The maximum absolute atomic E-state index is 6.19. The van der Waals surface area contributed by atoms with Crippen LogP contribution in [0.25, 0.3) is 10.9 Å². The zero-order valence-electron chi connectivity index (χ0n) is 16.0. The number of hydrogen-bond donors (Lipinski definition) is 3. The minimum absolute atomic E-state index is 0.0861. The molecule has 0 radical (unpaired) electrons. The van der Waals surface area contributed by atoms with Crippen LogP contribution in [0.5, 0.6) is 17.2 Å². The molecule has 0 bridgehead atoms. The van der Waals surface area contributed by atoms with Gasteiger partial charge in [0.15, 0.2) is 5.84 Å². The van der Waals surface area contributed by atoms with Crippen LogP contribution in [-0.2, 0) is 0 Å². The van der Waals surface area contributed by atoms with Gasteiger partial charge in [0.25, 0.3) is 0 Å². The van der Waals surface area contributed by atoms with Crippen LogP contribution < -0.4 is 26.7 Å². The van der Waals surface area contributed by atoms with Crippen LogP contribution in [-0.4, -0.2) is 29.5 Å². The minimum atomic E-state index is 0.0861. The highest BCUT2D eigenvalue weighted by atomic mass is 16.5. The lowest BCUT2D eigenvalue weighted by Crippen LogP contribution is -2.12. The van der Waals surface area contributed by atoms with Gasteiger partial charge in [0, 0.05) is 23.1 Å². The molecular formula is C19H20N8O2. The normalized spacial score (nSPS) is 16.2. The van der Waals surface area contributed by atoms with E-state index in [0.717, 1.165) is 5.56 Å². The summed E-state index contributed by atoms with van der Waals surface area (Å²) in [6.07, 6.45) is 0. The van der Waals surface area contributed by atoms with Crippen molar-refractivity contribution < 1.29 is 9.47 Å². The standard InChI is InChI=1S/C19H20N8O2/c1-9-8-28-16-14(9)13(7-12-15(16)18(21)25-19(22)24-12)29-11-5-3-4-10(6-11)17(20)26-27-23-2/h3-7,9H,8H2,1-2H3,(H2,20,23,26)(H4,21,22,24,25). The molecule has 3 aromatic rings. The number of fused-ring (bicyclic) bond motifs is 3. The maximum Gasteiger partial charge on any atom is 0.222 e. The molecule has 148 valence electrons. The van der Waals surface area contributed by atoms with E-state index in [9.17, 15) is 0 Å². The van der Waals surface area contributed by atoms with E-state index in [2.05, 4.69) is 32.3 Å². The molecule has 4 rings (SSSR count). The number of nitrogen functional groups attached to an aromatic ring is 2. The van der Waals surface area contributed by atoms with Gasteiger partial charge in [-0.05, 0) is 17.4 Å². The van der Waals surface area contributed by atoms with Gasteiger partial charge in [-0.25, -0.2) is 4.98 Å². The highest BCUT2D eigenvalue weighted by Crippen LogP contribution is 2.47. The summed E-state index contributed by atoms with van der Waals surface area (Å²) in [5.74, 6) is 2.52. The summed E-state index contributed by atoms with van der Waals surface area (Å²) in [6.45, 7) is 2.56. The van der Waals surface area contributed by atoms with Crippen LogP contribution in [0.2, 0.25) is 0 Å². The third-order valence-corrected chi connectivity index (χ3v) is 4.56. The number of hydrogen-bond acceptors (Lipinski definition) is 8. The molecule has 2 heterocycles. The Bertz CT molecular complexity index is 1160. The Morgan fingerprint density at radius 1 is 1.24 bits per heavy atom. The van der Waals surface area contributed by atoms with E-state index in [1.54, 1.807) is 12.1 Å². The molecule has 1 unspecified atom stereocenters. The lowest BCUT2D eigenvalue weighted by molar-refractivity contribution is 0.340. The Hall–Kier alpha value is -3.95. The highest BCUT2D eigenvalue weighted by molar-refractivity contribution is 5.98. The van der Waals surface area contributed by atoms with Crippen molar-refractivity contribution in [2.75, 3.05) is 25.1 Å². The lowest BCUT2D eigenvalue weighted by atomic mass is 9.99. The van der Waals surface area contributed by atoms with Crippen molar-refractivity contribution >= 4 is 28.5 Å². The first-order valence-electron chi connectivity index (χ1n) is 8.91. The third kappa shape index (κ3) is 3.35. The zero-order chi connectivity index (χ0) is 20.5. The van der Waals surface area contributed by atoms with E-state index in [-0.39, 0.29) is 23.5 Å². The van der Waals surface area contributed by atoms with E-state index in [4.69, 9.17) is 26.7 Å². The van der Waals surface area contributed by atoms with Crippen LogP contribution in [0.3, 0.4) is 0 Å². The first-order valence-corrected chi connectivity index (χ1v) is 8.91. The number of rotatable bonds is 4. The third-order valence-electron chi connectivity index (χ3n) is 4.56. The van der Waals surface area contributed by atoms with Gasteiger partial charge in [0.05, 0.1) is 24.6 Å². The summed E-state index contributed by atoms with van der Waals surface area (Å²) in [6, 6.07) is 9.00. The van der Waals surface area contributed by atoms with Gasteiger partial charge in [0.1, 0.15) is 23.1 Å².